The molecule has 0 saturated carbocycles. The molecule has 0 atom stereocenters. The van der Waals surface area contributed by atoms with Crippen LogP contribution in [0.2, 0.25) is 0 Å². The van der Waals surface area contributed by atoms with Crippen LogP contribution in [0.15, 0.2) is 47.5 Å². The number of nitrogens with one attached hydrogen (secondary N) is 1. The first-order valence-corrected chi connectivity index (χ1v) is 6.22. The predicted octanol–water partition coefficient (Wildman–Crippen LogP) is 3.38. The van der Waals surface area contributed by atoms with Gasteiger partial charge >= 0.3 is 0 Å². The molecule has 0 fully saturated rings. The lowest BCUT2D eigenvalue weighted by Crippen LogP contribution is -2.14. The minimum atomic E-state index is -0.135. The van der Waals surface area contributed by atoms with Crippen molar-refractivity contribution in [2.24, 2.45) is 4.99 Å². The number of fused-ring (bicyclic) bond motifs is 1. The molecule has 0 unspecified atom stereocenters. The van der Waals surface area contributed by atoms with Gasteiger partial charge in [0.05, 0.1) is 11.4 Å². The third-order valence-corrected chi connectivity index (χ3v) is 3.24. The number of anilines is 1. The van der Waals surface area contributed by atoms with E-state index in [1.54, 1.807) is 0 Å². The van der Waals surface area contributed by atoms with Gasteiger partial charge in [0, 0.05) is 5.56 Å². The SMILES string of the molecule is Cc1ccc2c(c1)C(=Nc1ccccc1C)C(=O)N2. The zero-order valence-electron chi connectivity index (χ0n) is 10.9. The van der Waals surface area contributed by atoms with Crippen LogP contribution in [0.1, 0.15) is 16.7 Å². The number of hydrogen-bond acceptors (Lipinski definition) is 2. The van der Waals surface area contributed by atoms with Gasteiger partial charge in [-0.1, -0.05) is 29.8 Å². The second kappa shape index (κ2) is 4.35. The largest absolute Gasteiger partial charge is 0.320 e. The molecule has 0 bridgehead atoms. The minimum Gasteiger partial charge on any atom is -0.320 e. The number of amides is 1. The van der Waals surface area contributed by atoms with Crippen LogP contribution in [0.25, 0.3) is 0 Å². The van der Waals surface area contributed by atoms with Crippen molar-refractivity contribution in [1.82, 2.24) is 0 Å². The number of para-hydroxylation sites is 1. The number of carbonyl (C=O) groups excluding carboxylic acids is 1. The van der Waals surface area contributed by atoms with Crippen LogP contribution in [0.5, 0.6) is 0 Å². The highest BCUT2D eigenvalue weighted by Crippen LogP contribution is 2.27. The predicted molar refractivity (Wildman–Crippen MR) is 77.2 cm³/mol. The van der Waals surface area contributed by atoms with Crippen molar-refractivity contribution in [2.75, 3.05) is 5.32 Å². The van der Waals surface area contributed by atoms with Crippen molar-refractivity contribution in [2.45, 2.75) is 13.8 Å². The van der Waals surface area contributed by atoms with Gasteiger partial charge in [0.2, 0.25) is 0 Å². The highest BCUT2D eigenvalue weighted by molar-refractivity contribution is 6.54. The van der Waals surface area contributed by atoms with Gasteiger partial charge in [0.25, 0.3) is 5.91 Å². The molecule has 0 aliphatic carbocycles. The number of nitrogens with zero attached hydrogens (tertiary/aromatic N) is 1. The average molecular weight is 250 g/mol. The van der Waals surface area contributed by atoms with E-state index in [9.17, 15) is 4.79 Å². The molecule has 3 heteroatoms. The summed E-state index contributed by atoms with van der Waals surface area (Å²) in [6.07, 6.45) is 0. The molecule has 0 spiro atoms. The lowest BCUT2D eigenvalue weighted by atomic mass is 10.1. The van der Waals surface area contributed by atoms with Crippen molar-refractivity contribution in [1.29, 1.82) is 0 Å². The van der Waals surface area contributed by atoms with E-state index in [1.165, 1.54) is 0 Å². The molecular formula is C16H14N2O. The maximum atomic E-state index is 12.0. The summed E-state index contributed by atoms with van der Waals surface area (Å²) in [5, 5.41) is 2.84. The van der Waals surface area contributed by atoms with Crippen molar-refractivity contribution in [3.05, 3.63) is 59.2 Å². The molecule has 1 aliphatic heterocycles. The van der Waals surface area contributed by atoms with Gasteiger partial charge < -0.3 is 5.32 Å². The van der Waals surface area contributed by atoms with E-state index in [2.05, 4.69) is 10.3 Å². The molecule has 1 heterocycles. The third-order valence-electron chi connectivity index (χ3n) is 3.24. The smallest absolute Gasteiger partial charge is 0.275 e. The molecule has 3 nitrogen and oxygen atoms in total. The Morgan fingerprint density at radius 3 is 2.63 bits per heavy atom. The monoisotopic (exact) mass is 250 g/mol. The summed E-state index contributed by atoms with van der Waals surface area (Å²) in [6, 6.07) is 13.7. The summed E-state index contributed by atoms with van der Waals surface area (Å²) in [7, 11) is 0. The van der Waals surface area contributed by atoms with Crippen LogP contribution in [0.3, 0.4) is 0 Å². The molecule has 1 amide bonds. The van der Waals surface area contributed by atoms with E-state index in [0.717, 1.165) is 28.1 Å². The normalized spacial score (nSPS) is 15.5. The number of hydrogen-bond donors (Lipinski definition) is 1. The molecule has 0 aromatic heterocycles. The minimum absolute atomic E-state index is 0.135. The maximum absolute atomic E-state index is 12.0. The highest BCUT2D eigenvalue weighted by Gasteiger charge is 2.25. The summed E-state index contributed by atoms with van der Waals surface area (Å²) in [4.78, 5) is 16.5. The van der Waals surface area contributed by atoms with Gasteiger partial charge in [-0.15, -0.1) is 0 Å². The summed E-state index contributed by atoms with van der Waals surface area (Å²) in [5.41, 5.74) is 5.22. The standard InChI is InChI=1S/C16H14N2O/c1-10-7-8-14-12(9-10)15(16(19)18-14)17-13-6-4-3-5-11(13)2/h3-9H,1-2H3,(H,17,18,19). The number of aryl methyl sites for hydroxylation is 2. The Balaban J connectivity index is 2.14. The van der Waals surface area contributed by atoms with Crippen LogP contribution in [-0.4, -0.2) is 11.6 Å². The molecule has 19 heavy (non-hydrogen) atoms. The number of carbonyl (C=O) groups is 1. The summed E-state index contributed by atoms with van der Waals surface area (Å²) in [5.74, 6) is -0.135. The van der Waals surface area contributed by atoms with Crippen LogP contribution in [0.4, 0.5) is 11.4 Å². The molecule has 2 aromatic carbocycles. The topological polar surface area (TPSA) is 41.5 Å². The number of benzene rings is 2. The van der Waals surface area contributed by atoms with Gasteiger partial charge in [-0.05, 0) is 37.6 Å². The van der Waals surface area contributed by atoms with Gasteiger partial charge in [-0.2, -0.15) is 0 Å². The Morgan fingerprint density at radius 2 is 1.84 bits per heavy atom. The fourth-order valence-corrected chi connectivity index (χ4v) is 2.19. The molecule has 94 valence electrons. The lowest BCUT2D eigenvalue weighted by Gasteiger charge is -2.02. The van der Waals surface area contributed by atoms with Gasteiger partial charge in [0.1, 0.15) is 5.71 Å². The summed E-state index contributed by atoms with van der Waals surface area (Å²) in [6.45, 7) is 4.00. The van der Waals surface area contributed by atoms with E-state index in [1.807, 2.05) is 56.3 Å². The lowest BCUT2D eigenvalue weighted by molar-refractivity contribution is -0.110. The van der Waals surface area contributed by atoms with Crippen LogP contribution in [0, 0.1) is 13.8 Å². The number of aliphatic imine (C=N–C) groups is 1. The number of rotatable bonds is 1. The van der Waals surface area contributed by atoms with E-state index in [0.29, 0.717) is 5.71 Å². The summed E-state index contributed by atoms with van der Waals surface area (Å²) >= 11 is 0. The van der Waals surface area contributed by atoms with E-state index >= 15 is 0 Å². The van der Waals surface area contributed by atoms with E-state index in [-0.39, 0.29) is 5.91 Å². The second-order valence-corrected chi connectivity index (χ2v) is 4.75. The first-order valence-electron chi connectivity index (χ1n) is 6.22. The third kappa shape index (κ3) is 2.03. The van der Waals surface area contributed by atoms with Crippen LogP contribution in [-0.2, 0) is 4.79 Å². The van der Waals surface area contributed by atoms with Crippen LogP contribution < -0.4 is 5.32 Å². The van der Waals surface area contributed by atoms with E-state index in [4.69, 9.17) is 0 Å². The highest BCUT2D eigenvalue weighted by atomic mass is 16.2. The molecule has 0 saturated heterocycles. The van der Waals surface area contributed by atoms with Crippen LogP contribution >= 0.6 is 0 Å². The fourth-order valence-electron chi connectivity index (χ4n) is 2.19. The maximum Gasteiger partial charge on any atom is 0.275 e. The molecule has 2 aromatic rings. The molecule has 1 N–H and O–H groups in total. The Labute approximate surface area is 112 Å². The first-order chi connectivity index (χ1) is 9.15. The Bertz CT molecular complexity index is 702. The fraction of sp³-hybridized carbons (Fsp3) is 0.125. The molecule has 3 rings (SSSR count). The zero-order chi connectivity index (χ0) is 13.4. The molecule has 1 aliphatic rings. The molecule has 0 radical (unpaired) electrons. The summed E-state index contributed by atoms with van der Waals surface area (Å²) < 4.78 is 0. The van der Waals surface area contributed by atoms with Crippen molar-refractivity contribution >= 4 is 23.0 Å². The van der Waals surface area contributed by atoms with Gasteiger partial charge in [-0.3, -0.25) is 4.79 Å². The van der Waals surface area contributed by atoms with Gasteiger partial charge in [0.15, 0.2) is 0 Å². The van der Waals surface area contributed by atoms with Crippen molar-refractivity contribution < 1.29 is 4.79 Å². The van der Waals surface area contributed by atoms with Gasteiger partial charge in [-0.25, -0.2) is 4.99 Å². The molecular weight excluding hydrogens is 236 g/mol. The average Bonchev–Trinajstić information content (AvgIpc) is 2.69. The quantitative estimate of drug-likeness (QED) is 0.828. The van der Waals surface area contributed by atoms with Crippen molar-refractivity contribution in [3.8, 4) is 0 Å². The second-order valence-electron chi connectivity index (χ2n) is 4.75. The Morgan fingerprint density at radius 1 is 1.05 bits per heavy atom. The Hall–Kier alpha value is -2.42. The Kier molecular flexibility index (Phi) is 2.67. The van der Waals surface area contributed by atoms with E-state index < -0.39 is 0 Å². The van der Waals surface area contributed by atoms with Crippen molar-refractivity contribution in [3.63, 3.8) is 0 Å². The zero-order valence-corrected chi connectivity index (χ0v) is 10.9. The first kappa shape index (κ1) is 11.7.